The van der Waals surface area contributed by atoms with E-state index in [0.29, 0.717) is 23.3 Å². The van der Waals surface area contributed by atoms with Crippen LogP contribution in [0.2, 0.25) is 0 Å². The van der Waals surface area contributed by atoms with Crippen molar-refractivity contribution in [3.8, 4) is 22.8 Å². The number of anilines is 1. The Morgan fingerprint density at radius 3 is 2.47 bits per heavy atom. The molecule has 0 aliphatic carbocycles. The molecular formula is C26H30N6O3S. The predicted octanol–water partition coefficient (Wildman–Crippen LogP) is 4.19. The van der Waals surface area contributed by atoms with Crippen LogP contribution in [0.4, 0.5) is 5.69 Å². The molecule has 0 saturated heterocycles. The fraction of sp³-hybridized carbons (Fsp3) is 0.308. The van der Waals surface area contributed by atoms with Crippen molar-refractivity contribution >= 4 is 23.4 Å². The zero-order valence-electron chi connectivity index (χ0n) is 20.9. The SMILES string of the molecule is CCCCOc1ccc(-c2nnc(SCC(=O)Nc3c(C)n(C)n(-c4ccccc4)c3=O)n2C)cc1. The molecule has 0 saturated carbocycles. The molecule has 2 aromatic heterocycles. The van der Waals surface area contributed by atoms with Crippen molar-refractivity contribution in [2.24, 2.45) is 14.1 Å². The van der Waals surface area contributed by atoms with Gasteiger partial charge in [-0.25, -0.2) is 4.68 Å². The molecule has 4 rings (SSSR count). The van der Waals surface area contributed by atoms with Gasteiger partial charge in [0, 0.05) is 19.7 Å². The van der Waals surface area contributed by atoms with Crippen molar-refractivity contribution in [3.63, 3.8) is 0 Å². The van der Waals surface area contributed by atoms with Gasteiger partial charge in [-0.15, -0.1) is 10.2 Å². The number of hydrogen-bond acceptors (Lipinski definition) is 6. The van der Waals surface area contributed by atoms with Crippen LogP contribution >= 0.6 is 11.8 Å². The van der Waals surface area contributed by atoms with Crippen LogP contribution < -0.4 is 15.6 Å². The van der Waals surface area contributed by atoms with E-state index in [9.17, 15) is 9.59 Å². The Morgan fingerprint density at radius 1 is 1.06 bits per heavy atom. The first-order valence-electron chi connectivity index (χ1n) is 11.8. The molecule has 4 aromatic rings. The summed E-state index contributed by atoms with van der Waals surface area (Å²) in [5, 5.41) is 11.9. The van der Waals surface area contributed by atoms with Crippen molar-refractivity contribution in [2.75, 3.05) is 17.7 Å². The number of hydrogen-bond donors (Lipinski definition) is 1. The quantitative estimate of drug-likeness (QED) is 0.256. The molecule has 36 heavy (non-hydrogen) atoms. The molecule has 0 fully saturated rings. The maximum absolute atomic E-state index is 13.0. The number of thioether (sulfide) groups is 1. The number of aromatic nitrogens is 5. The van der Waals surface area contributed by atoms with Gasteiger partial charge in [-0.3, -0.25) is 14.3 Å². The number of carbonyl (C=O) groups is 1. The number of carbonyl (C=O) groups excluding carboxylic acids is 1. The van der Waals surface area contributed by atoms with E-state index in [1.807, 2.05) is 66.2 Å². The van der Waals surface area contributed by atoms with Crippen molar-refractivity contribution in [2.45, 2.75) is 31.8 Å². The van der Waals surface area contributed by atoms with Crippen molar-refractivity contribution < 1.29 is 9.53 Å². The number of nitrogens with zero attached hydrogens (tertiary/aromatic N) is 5. The first-order valence-corrected chi connectivity index (χ1v) is 12.8. The second kappa shape index (κ2) is 11.3. The summed E-state index contributed by atoms with van der Waals surface area (Å²) in [6.07, 6.45) is 2.11. The Labute approximate surface area is 214 Å². The summed E-state index contributed by atoms with van der Waals surface area (Å²) in [6.45, 7) is 4.63. The summed E-state index contributed by atoms with van der Waals surface area (Å²) < 4.78 is 10.8. The van der Waals surface area contributed by atoms with Gasteiger partial charge >= 0.3 is 0 Å². The van der Waals surface area contributed by atoms with Gasteiger partial charge in [0.2, 0.25) is 5.91 Å². The molecule has 10 heteroatoms. The van der Waals surface area contributed by atoms with Crippen LogP contribution in [0.15, 0.2) is 64.5 Å². The van der Waals surface area contributed by atoms with E-state index < -0.39 is 0 Å². The molecule has 188 valence electrons. The normalized spacial score (nSPS) is 11.0. The Kier molecular flexibility index (Phi) is 7.94. The number of benzene rings is 2. The van der Waals surface area contributed by atoms with Crippen LogP contribution in [0, 0.1) is 6.92 Å². The van der Waals surface area contributed by atoms with Gasteiger partial charge in [0.15, 0.2) is 11.0 Å². The third-order valence-electron chi connectivity index (χ3n) is 5.87. The van der Waals surface area contributed by atoms with Gasteiger partial charge in [-0.05, 0) is 49.7 Å². The fourth-order valence-electron chi connectivity index (χ4n) is 3.74. The van der Waals surface area contributed by atoms with Gasteiger partial charge in [-0.1, -0.05) is 43.3 Å². The zero-order chi connectivity index (χ0) is 25.7. The lowest BCUT2D eigenvalue weighted by Gasteiger charge is -2.07. The van der Waals surface area contributed by atoms with E-state index in [0.717, 1.165) is 29.8 Å². The standard InChI is InChI=1S/C26H30N6O3S/c1-5-6-16-35-21-14-12-19(13-15-21)24-28-29-26(30(24)3)36-17-22(33)27-23-18(2)31(4)32(25(23)34)20-10-8-7-9-11-20/h7-15H,5-6,16-17H2,1-4H3,(H,27,33). The highest BCUT2D eigenvalue weighted by Gasteiger charge is 2.19. The van der Waals surface area contributed by atoms with Crippen LogP contribution in [0.5, 0.6) is 5.75 Å². The third kappa shape index (κ3) is 5.38. The molecule has 1 amide bonds. The third-order valence-corrected chi connectivity index (χ3v) is 6.89. The van der Waals surface area contributed by atoms with Crippen LogP contribution in [0.25, 0.3) is 17.1 Å². The van der Waals surface area contributed by atoms with E-state index in [1.165, 1.54) is 16.4 Å². The molecule has 9 nitrogen and oxygen atoms in total. The van der Waals surface area contributed by atoms with Crippen molar-refractivity contribution in [1.29, 1.82) is 0 Å². The van der Waals surface area contributed by atoms with Gasteiger partial charge in [0.05, 0.1) is 23.7 Å². The van der Waals surface area contributed by atoms with E-state index in [4.69, 9.17) is 4.74 Å². The Bertz CT molecular complexity index is 1390. The molecule has 2 heterocycles. The van der Waals surface area contributed by atoms with E-state index in [-0.39, 0.29) is 22.9 Å². The van der Waals surface area contributed by atoms with Crippen molar-refractivity contribution in [3.05, 3.63) is 70.6 Å². The Hall–Kier alpha value is -3.79. The van der Waals surface area contributed by atoms with Crippen LogP contribution in [0.3, 0.4) is 0 Å². The molecule has 0 bridgehead atoms. The molecule has 0 aliphatic heterocycles. The second-order valence-corrected chi connectivity index (χ2v) is 9.31. The first-order chi connectivity index (χ1) is 17.4. The topological polar surface area (TPSA) is 96.0 Å². The van der Waals surface area contributed by atoms with Crippen LogP contribution in [0.1, 0.15) is 25.5 Å². The minimum absolute atomic E-state index is 0.0926. The largest absolute Gasteiger partial charge is 0.494 e. The van der Waals surface area contributed by atoms with E-state index in [2.05, 4.69) is 22.4 Å². The summed E-state index contributed by atoms with van der Waals surface area (Å²) in [5.74, 6) is 1.32. The highest BCUT2D eigenvalue weighted by atomic mass is 32.2. The number of para-hydroxylation sites is 1. The average molecular weight is 507 g/mol. The molecular weight excluding hydrogens is 476 g/mol. The minimum Gasteiger partial charge on any atom is -0.494 e. The zero-order valence-corrected chi connectivity index (χ0v) is 21.7. The van der Waals surface area contributed by atoms with Crippen LogP contribution in [-0.4, -0.2) is 42.4 Å². The molecule has 0 unspecified atom stereocenters. The molecule has 2 aromatic carbocycles. The van der Waals surface area contributed by atoms with Gasteiger partial charge < -0.3 is 14.6 Å². The molecule has 0 radical (unpaired) electrons. The van der Waals surface area contributed by atoms with Crippen LogP contribution in [-0.2, 0) is 18.9 Å². The Balaban J connectivity index is 1.41. The lowest BCUT2D eigenvalue weighted by molar-refractivity contribution is -0.113. The summed E-state index contributed by atoms with van der Waals surface area (Å²) in [4.78, 5) is 25.7. The average Bonchev–Trinajstić information content (AvgIpc) is 3.35. The maximum atomic E-state index is 13.0. The first kappa shape index (κ1) is 25.3. The number of amides is 1. The monoisotopic (exact) mass is 506 g/mol. The Morgan fingerprint density at radius 2 is 1.78 bits per heavy atom. The van der Waals surface area contributed by atoms with Gasteiger partial charge in [0.25, 0.3) is 5.56 Å². The van der Waals surface area contributed by atoms with Gasteiger partial charge in [0.1, 0.15) is 11.4 Å². The fourth-order valence-corrected chi connectivity index (χ4v) is 4.46. The second-order valence-electron chi connectivity index (χ2n) is 8.36. The minimum atomic E-state index is -0.288. The summed E-state index contributed by atoms with van der Waals surface area (Å²) >= 11 is 1.26. The number of nitrogens with one attached hydrogen (secondary N) is 1. The van der Waals surface area contributed by atoms with E-state index in [1.54, 1.807) is 18.7 Å². The lowest BCUT2D eigenvalue weighted by atomic mass is 10.2. The lowest BCUT2D eigenvalue weighted by Crippen LogP contribution is -2.23. The number of ether oxygens (including phenoxy) is 1. The summed E-state index contributed by atoms with van der Waals surface area (Å²) in [5.41, 5.74) is 2.31. The molecule has 0 spiro atoms. The molecule has 0 aliphatic rings. The van der Waals surface area contributed by atoms with Crippen molar-refractivity contribution in [1.82, 2.24) is 24.1 Å². The highest BCUT2D eigenvalue weighted by Crippen LogP contribution is 2.25. The predicted molar refractivity (Wildman–Crippen MR) is 142 cm³/mol. The molecule has 0 atom stereocenters. The highest BCUT2D eigenvalue weighted by molar-refractivity contribution is 7.99. The summed E-state index contributed by atoms with van der Waals surface area (Å²) in [7, 11) is 3.65. The summed E-state index contributed by atoms with van der Waals surface area (Å²) in [6, 6.07) is 17.1. The maximum Gasteiger partial charge on any atom is 0.295 e. The van der Waals surface area contributed by atoms with Gasteiger partial charge in [-0.2, -0.15) is 0 Å². The number of rotatable bonds is 10. The number of unbranched alkanes of at least 4 members (excludes halogenated alkanes) is 1. The smallest absolute Gasteiger partial charge is 0.295 e. The van der Waals surface area contributed by atoms with E-state index >= 15 is 0 Å². The molecule has 1 N–H and O–H groups in total.